The Morgan fingerprint density at radius 2 is 1.96 bits per heavy atom. The fourth-order valence-corrected chi connectivity index (χ4v) is 4.14. The zero-order chi connectivity index (χ0) is 15.8. The second kappa shape index (κ2) is 5.84. The molecule has 0 amide bonds. The van der Waals surface area contributed by atoms with Gasteiger partial charge in [0.25, 0.3) is 0 Å². The molecule has 3 aromatic rings. The third-order valence-corrected chi connectivity index (χ3v) is 5.42. The molecule has 23 heavy (non-hydrogen) atoms. The molecule has 1 aliphatic rings. The van der Waals surface area contributed by atoms with E-state index in [2.05, 4.69) is 6.07 Å². The van der Waals surface area contributed by atoms with Crippen LogP contribution in [0, 0.1) is 0 Å². The van der Waals surface area contributed by atoms with Gasteiger partial charge in [0.1, 0.15) is 11.3 Å². The van der Waals surface area contributed by atoms with Crippen molar-refractivity contribution in [3.63, 3.8) is 0 Å². The van der Waals surface area contributed by atoms with E-state index in [9.17, 15) is 4.79 Å². The Kier molecular flexibility index (Phi) is 3.68. The molecule has 2 nitrogen and oxygen atoms in total. The van der Waals surface area contributed by atoms with Gasteiger partial charge in [0.15, 0.2) is 0 Å². The van der Waals surface area contributed by atoms with Crippen LogP contribution < -0.4 is 0 Å². The third-order valence-electron chi connectivity index (χ3n) is 3.86. The number of benzene rings is 2. The van der Waals surface area contributed by atoms with E-state index in [1.807, 2.05) is 54.6 Å². The number of para-hydroxylation sites is 1. The summed E-state index contributed by atoms with van der Waals surface area (Å²) >= 11 is 7.70. The smallest absolute Gasteiger partial charge is 0.147 e. The topological polar surface area (TPSA) is 30.0 Å². The largest absolute Gasteiger partial charge is 0.298 e. The number of halogens is 1. The van der Waals surface area contributed by atoms with Gasteiger partial charge in [-0.05, 0) is 35.9 Å². The zero-order valence-corrected chi connectivity index (χ0v) is 13.6. The van der Waals surface area contributed by atoms with E-state index < -0.39 is 0 Å². The minimum absolute atomic E-state index is 0.0765. The molecule has 0 saturated heterocycles. The molecule has 4 heteroatoms. The summed E-state index contributed by atoms with van der Waals surface area (Å²) in [5, 5.41) is 2.62. The van der Waals surface area contributed by atoms with Crippen LogP contribution in [-0.4, -0.2) is 11.3 Å². The van der Waals surface area contributed by atoms with Gasteiger partial charge >= 0.3 is 0 Å². The van der Waals surface area contributed by atoms with E-state index in [0.717, 1.165) is 38.9 Å². The van der Waals surface area contributed by atoms with E-state index >= 15 is 0 Å². The minimum atomic E-state index is -0.0765. The minimum Gasteiger partial charge on any atom is -0.298 e. The molecule has 112 valence electrons. The van der Waals surface area contributed by atoms with Crippen molar-refractivity contribution in [2.24, 2.45) is 0 Å². The van der Waals surface area contributed by atoms with E-state index in [1.54, 1.807) is 11.8 Å². The first-order valence-electron chi connectivity index (χ1n) is 7.23. The lowest BCUT2D eigenvalue weighted by Gasteiger charge is -2.23. The summed E-state index contributed by atoms with van der Waals surface area (Å²) in [6.45, 7) is 0. The van der Waals surface area contributed by atoms with Gasteiger partial charge in [-0.1, -0.05) is 53.7 Å². The monoisotopic (exact) mass is 337 g/mol. The molecular weight excluding hydrogens is 326 g/mol. The maximum Gasteiger partial charge on any atom is 0.147 e. The molecule has 2 heterocycles. The van der Waals surface area contributed by atoms with Gasteiger partial charge in [0, 0.05) is 21.5 Å². The Labute approximate surface area is 143 Å². The first kappa shape index (κ1) is 14.5. The zero-order valence-electron chi connectivity index (χ0n) is 12.1. The molecule has 0 fully saturated rings. The number of pyridine rings is 1. The van der Waals surface area contributed by atoms with Gasteiger partial charge in [-0.25, -0.2) is 4.98 Å². The predicted octanol–water partition coefficient (Wildman–Crippen LogP) is 5.32. The Hall–Kier alpha value is -2.10. The fourth-order valence-electron chi connectivity index (χ4n) is 2.77. The molecule has 2 aromatic carbocycles. The second-order valence-corrected chi connectivity index (χ2v) is 6.92. The van der Waals surface area contributed by atoms with Crippen LogP contribution in [0.25, 0.3) is 17.0 Å². The number of hydrogen-bond acceptors (Lipinski definition) is 3. The predicted molar refractivity (Wildman–Crippen MR) is 95.8 cm³/mol. The van der Waals surface area contributed by atoms with Crippen molar-refractivity contribution in [2.45, 2.75) is 10.3 Å². The average molecular weight is 338 g/mol. The van der Waals surface area contributed by atoms with Crippen LogP contribution in [-0.2, 0) is 4.79 Å². The Morgan fingerprint density at radius 1 is 1.09 bits per heavy atom. The molecule has 0 N–H and O–H groups in total. The van der Waals surface area contributed by atoms with Crippen LogP contribution in [0.5, 0.6) is 0 Å². The summed E-state index contributed by atoms with van der Waals surface area (Å²) in [5.74, 6) is 0. The number of rotatable bonds is 2. The third kappa shape index (κ3) is 2.67. The van der Waals surface area contributed by atoms with E-state index in [-0.39, 0.29) is 5.25 Å². The Bertz CT molecular complexity index is 951. The maximum atomic E-state index is 11.6. The first-order valence-corrected chi connectivity index (χ1v) is 8.49. The number of hydrogen-bond donors (Lipinski definition) is 0. The van der Waals surface area contributed by atoms with Crippen molar-refractivity contribution >= 4 is 46.6 Å². The van der Waals surface area contributed by atoms with Gasteiger partial charge in [-0.2, -0.15) is 0 Å². The molecule has 0 bridgehead atoms. The number of carbonyl (C=O) groups is 1. The number of carbonyl (C=O) groups excluding carboxylic acids is 1. The van der Waals surface area contributed by atoms with Gasteiger partial charge in [0.2, 0.25) is 0 Å². The number of fused-ring (bicyclic) bond motifs is 2. The molecule has 1 aromatic heterocycles. The molecule has 1 aliphatic heterocycles. The van der Waals surface area contributed by atoms with Crippen LogP contribution in [0.2, 0.25) is 5.02 Å². The quantitative estimate of drug-likeness (QED) is 0.593. The molecule has 0 aliphatic carbocycles. The first-order chi connectivity index (χ1) is 11.2. The summed E-state index contributed by atoms with van der Waals surface area (Å²) in [6, 6.07) is 17.7. The van der Waals surface area contributed by atoms with Gasteiger partial charge in [0.05, 0.1) is 10.8 Å². The Balaban J connectivity index is 1.85. The summed E-state index contributed by atoms with van der Waals surface area (Å²) < 4.78 is 0. The lowest BCUT2D eigenvalue weighted by Crippen LogP contribution is -2.06. The number of thioether (sulfide) groups is 1. The van der Waals surface area contributed by atoms with Crippen molar-refractivity contribution in [1.29, 1.82) is 0 Å². The molecule has 0 saturated carbocycles. The van der Waals surface area contributed by atoms with E-state index in [4.69, 9.17) is 16.6 Å². The molecule has 4 rings (SSSR count). The molecule has 0 radical (unpaired) electrons. The number of nitrogens with zero attached hydrogens (tertiary/aromatic N) is 1. The molecule has 0 unspecified atom stereocenters. The fraction of sp³-hybridized carbons (Fsp3) is 0.0526. The van der Waals surface area contributed by atoms with Crippen molar-refractivity contribution in [3.8, 4) is 0 Å². The highest BCUT2D eigenvalue weighted by Gasteiger charge is 2.25. The lowest BCUT2D eigenvalue weighted by molar-refractivity contribution is -0.104. The normalized spacial score (nSPS) is 16.7. The SMILES string of the molecule is O=CC1=Cc2cc3ccccc3nc2S[C@@H]1c1cccc(Cl)c1. The summed E-state index contributed by atoms with van der Waals surface area (Å²) in [5.41, 5.74) is 3.71. The highest BCUT2D eigenvalue weighted by atomic mass is 35.5. The van der Waals surface area contributed by atoms with Gasteiger partial charge in [-0.3, -0.25) is 4.79 Å². The summed E-state index contributed by atoms with van der Waals surface area (Å²) in [4.78, 5) is 16.3. The van der Waals surface area contributed by atoms with Crippen molar-refractivity contribution in [2.75, 3.05) is 0 Å². The average Bonchev–Trinajstić information content (AvgIpc) is 2.58. The van der Waals surface area contributed by atoms with Crippen LogP contribution >= 0.6 is 23.4 Å². The maximum absolute atomic E-state index is 11.6. The van der Waals surface area contributed by atoms with Gasteiger partial charge < -0.3 is 0 Å². The Morgan fingerprint density at radius 3 is 2.78 bits per heavy atom. The van der Waals surface area contributed by atoms with Crippen LogP contribution in [0.3, 0.4) is 0 Å². The van der Waals surface area contributed by atoms with Gasteiger partial charge in [-0.15, -0.1) is 0 Å². The van der Waals surface area contributed by atoms with E-state index in [0.29, 0.717) is 5.02 Å². The van der Waals surface area contributed by atoms with Crippen LogP contribution in [0.15, 0.2) is 65.2 Å². The highest BCUT2D eigenvalue weighted by Crippen LogP contribution is 2.46. The van der Waals surface area contributed by atoms with Crippen LogP contribution in [0.4, 0.5) is 0 Å². The highest BCUT2D eigenvalue weighted by molar-refractivity contribution is 7.99. The molecular formula is C19H12ClNOS. The van der Waals surface area contributed by atoms with Crippen molar-refractivity contribution < 1.29 is 4.79 Å². The summed E-state index contributed by atoms with van der Waals surface area (Å²) in [7, 11) is 0. The lowest BCUT2D eigenvalue weighted by atomic mass is 10.0. The van der Waals surface area contributed by atoms with Crippen molar-refractivity contribution in [1.82, 2.24) is 4.98 Å². The van der Waals surface area contributed by atoms with Crippen LogP contribution in [0.1, 0.15) is 16.4 Å². The summed E-state index contributed by atoms with van der Waals surface area (Å²) in [6.07, 6.45) is 2.86. The van der Waals surface area contributed by atoms with Crippen molar-refractivity contribution in [3.05, 3.63) is 76.3 Å². The standard InChI is InChI=1S/C19H12ClNOS/c20-16-6-3-5-13(10-16)18-15(11-22)9-14-8-12-4-1-2-7-17(12)21-19(14)23-18/h1-11,18H/t18-/m1/s1. The number of aromatic nitrogens is 1. The molecule has 1 atom stereocenters. The molecule has 0 spiro atoms. The second-order valence-electron chi connectivity index (χ2n) is 5.39. The van der Waals surface area contributed by atoms with E-state index in [1.165, 1.54) is 0 Å². The number of aldehydes is 1.